The van der Waals surface area contributed by atoms with Crippen LogP contribution in [0.5, 0.6) is 0 Å². The van der Waals surface area contributed by atoms with Gasteiger partial charge in [0.05, 0.1) is 12.1 Å². The van der Waals surface area contributed by atoms with Crippen LogP contribution in [0.3, 0.4) is 0 Å². The molecule has 1 aromatic carbocycles. The number of imide groups is 1. The van der Waals surface area contributed by atoms with Crippen LogP contribution in [-0.4, -0.2) is 34.7 Å². The second kappa shape index (κ2) is 9.30. The van der Waals surface area contributed by atoms with Crippen LogP contribution in [0.1, 0.15) is 51.2 Å². The van der Waals surface area contributed by atoms with Crippen molar-refractivity contribution in [3.05, 3.63) is 55.7 Å². The maximum atomic E-state index is 12.9. The van der Waals surface area contributed by atoms with E-state index in [1.54, 1.807) is 5.38 Å². The van der Waals surface area contributed by atoms with Gasteiger partial charge in [-0.25, -0.2) is 4.79 Å². The molecule has 1 atom stereocenters. The zero-order valence-corrected chi connectivity index (χ0v) is 19.1. The zero-order chi connectivity index (χ0) is 22.8. The first kappa shape index (κ1) is 22.3. The predicted molar refractivity (Wildman–Crippen MR) is 120 cm³/mol. The number of hydrogen-bond donors (Lipinski definition) is 3. The molecular weight excluding hydrogens is 452 g/mol. The molecule has 0 saturated carbocycles. The molecule has 8 nitrogen and oxygen atoms in total. The number of aryl methyl sites for hydroxylation is 1. The summed E-state index contributed by atoms with van der Waals surface area (Å²) < 4.78 is 0. The van der Waals surface area contributed by atoms with E-state index < -0.39 is 11.9 Å². The van der Waals surface area contributed by atoms with Crippen LogP contribution in [0.4, 0.5) is 4.79 Å². The van der Waals surface area contributed by atoms with Gasteiger partial charge < -0.3 is 15.5 Å². The van der Waals surface area contributed by atoms with Gasteiger partial charge in [0, 0.05) is 34.8 Å². The van der Waals surface area contributed by atoms with Crippen molar-refractivity contribution < 1.29 is 19.2 Å². The Kier molecular flexibility index (Phi) is 6.48. The smallest absolute Gasteiger partial charge is 0.315 e. The van der Waals surface area contributed by atoms with E-state index >= 15 is 0 Å². The van der Waals surface area contributed by atoms with Crippen molar-refractivity contribution in [2.24, 2.45) is 0 Å². The fourth-order valence-electron chi connectivity index (χ4n) is 3.89. The average Bonchev–Trinajstić information content (AvgIpc) is 3.24. The third kappa shape index (κ3) is 4.63. The van der Waals surface area contributed by atoms with E-state index in [2.05, 4.69) is 16.0 Å². The minimum Gasteiger partial charge on any atom is -0.334 e. The Labute approximate surface area is 194 Å². The van der Waals surface area contributed by atoms with Crippen LogP contribution < -0.4 is 16.0 Å². The predicted octanol–water partition coefficient (Wildman–Crippen LogP) is 2.86. The summed E-state index contributed by atoms with van der Waals surface area (Å²) >= 11 is 7.52. The summed E-state index contributed by atoms with van der Waals surface area (Å²) in [6.45, 7) is 2.83. The van der Waals surface area contributed by atoms with Gasteiger partial charge in [0.1, 0.15) is 6.04 Å². The van der Waals surface area contributed by atoms with E-state index in [0.717, 1.165) is 21.6 Å². The molecule has 2 aliphatic rings. The monoisotopic (exact) mass is 474 g/mol. The molecule has 1 fully saturated rings. The fraction of sp³-hybridized carbons (Fsp3) is 0.364. The molecule has 3 heterocycles. The lowest BCUT2D eigenvalue weighted by Gasteiger charge is -2.25. The number of fused-ring (bicyclic) bond motifs is 1. The van der Waals surface area contributed by atoms with Gasteiger partial charge in [0.2, 0.25) is 11.8 Å². The number of nitrogens with one attached hydrogen (secondary N) is 3. The summed E-state index contributed by atoms with van der Waals surface area (Å²) in [5.41, 5.74) is 3.26. The van der Waals surface area contributed by atoms with Crippen molar-refractivity contribution >= 4 is 46.7 Å². The number of urea groups is 1. The highest BCUT2D eigenvalue weighted by Crippen LogP contribution is 2.33. The Morgan fingerprint density at radius 2 is 2.03 bits per heavy atom. The number of amides is 5. The molecule has 3 N–H and O–H groups in total. The second-order valence-corrected chi connectivity index (χ2v) is 9.30. The third-order valence-corrected chi connectivity index (χ3v) is 7.16. The lowest BCUT2D eigenvalue weighted by molar-refractivity contribution is -0.132. The first-order valence-electron chi connectivity index (χ1n) is 10.3. The van der Waals surface area contributed by atoms with E-state index in [1.165, 1.54) is 16.2 Å². The Bertz CT molecular complexity index is 1100. The van der Waals surface area contributed by atoms with Gasteiger partial charge in [-0.05, 0) is 42.5 Å². The second-order valence-electron chi connectivity index (χ2n) is 7.92. The standard InChI is InChI=1S/C22H23ClN4O4S/c1-12-5-6-13(7-16(12)23)8-24-22(31)25-9-18-14-10-27(21(30)15(14)11-32-18)17-3-2-4-19(28)26-20(17)29/h5-7,11,17H,2-4,8-10H2,1H3,(H2,24,25,31)(H,26,28,29). The minimum absolute atomic E-state index is 0.210. The summed E-state index contributed by atoms with van der Waals surface area (Å²) in [4.78, 5) is 51.4. The first-order valence-corrected chi connectivity index (χ1v) is 11.6. The number of hydrogen-bond acceptors (Lipinski definition) is 5. The zero-order valence-electron chi connectivity index (χ0n) is 17.5. The van der Waals surface area contributed by atoms with Gasteiger partial charge in [-0.1, -0.05) is 23.7 Å². The molecule has 1 saturated heterocycles. The highest BCUT2D eigenvalue weighted by molar-refractivity contribution is 7.10. The molecule has 5 amide bonds. The average molecular weight is 475 g/mol. The van der Waals surface area contributed by atoms with Gasteiger partial charge >= 0.3 is 6.03 Å². The summed E-state index contributed by atoms with van der Waals surface area (Å²) in [6.07, 6.45) is 1.29. The molecule has 4 rings (SSSR count). The van der Waals surface area contributed by atoms with Gasteiger partial charge in [-0.2, -0.15) is 0 Å². The Hall–Kier alpha value is -2.91. The van der Waals surface area contributed by atoms with E-state index in [1.807, 2.05) is 25.1 Å². The van der Waals surface area contributed by atoms with E-state index in [4.69, 9.17) is 11.6 Å². The molecule has 0 spiro atoms. The molecule has 32 heavy (non-hydrogen) atoms. The quantitative estimate of drug-likeness (QED) is 0.579. The number of rotatable bonds is 5. The molecule has 168 valence electrons. The van der Waals surface area contributed by atoms with Crippen molar-refractivity contribution in [1.29, 1.82) is 0 Å². The van der Waals surface area contributed by atoms with Crippen LogP contribution in [0, 0.1) is 6.92 Å². The van der Waals surface area contributed by atoms with Crippen molar-refractivity contribution in [3.8, 4) is 0 Å². The number of carbonyl (C=O) groups excluding carboxylic acids is 4. The minimum atomic E-state index is -0.656. The highest BCUT2D eigenvalue weighted by atomic mass is 35.5. The van der Waals surface area contributed by atoms with E-state index in [0.29, 0.717) is 36.5 Å². The summed E-state index contributed by atoms with van der Waals surface area (Å²) in [5, 5.41) is 10.4. The number of nitrogens with zero attached hydrogens (tertiary/aromatic N) is 1. The van der Waals surface area contributed by atoms with Crippen molar-refractivity contribution in [2.75, 3.05) is 0 Å². The molecule has 0 radical (unpaired) electrons. The van der Waals surface area contributed by atoms with E-state index in [9.17, 15) is 19.2 Å². The molecule has 0 aliphatic carbocycles. The first-order chi connectivity index (χ1) is 15.3. The van der Waals surface area contributed by atoms with Gasteiger partial charge in [-0.15, -0.1) is 11.3 Å². The maximum absolute atomic E-state index is 12.9. The maximum Gasteiger partial charge on any atom is 0.315 e. The SMILES string of the molecule is Cc1ccc(CNC(=O)NCc2scc3c2CN(C2CCCC(=O)NC2=O)C3=O)cc1Cl. The lowest BCUT2D eigenvalue weighted by Crippen LogP contribution is -2.47. The van der Waals surface area contributed by atoms with Crippen molar-refractivity contribution in [3.63, 3.8) is 0 Å². The van der Waals surface area contributed by atoms with Gasteiger partial charge in [0.25, 0.3) is 5.91 Å². The molecule has 1 unspecified atom stereocenters. The number of benzene rings is 1. The number of carbonyl (C=O) groups is 4. The van der Waals surface area contributed by atoms with Crippen LogP contribution in [0.15, 0.2) is 23.6 Å². The van der Waals surface area contributed by atoms with Gasteiger partial charge in [0.15, 0.2) is 0 Å². The summed E-state index contributed by atoms with van der Waals surface area (Å²) in [5.74, 6) is -0.940. The van der Waals surface area contributed by atoms with E-state index in [-0.39, 0.29) is 30.8 Å². The summed E-state index contributed by atoms with van der Waals surface area (Å²) in [7, 11) is 0. The molecule has 1 aromatic heterocycles. The van der Waals surface area contributed by atoms with Crippen molar-refractivity contribution in [1.82, 2.24) is 20.9 Å². The largest absolute Gasteiger partial charge is 0.334 e. The normalized spacial score (nSPS) is 18.2. The lowest BCUT2D eigenvalue weighted by atomic mass is 10.1. The number of thiophene rings is 1. The Morgan fingerprint density at radius 3 is 2.81 bits per heavy atom. The third-order valence-electron chi connectivity index (χ3n) is 5.72. The molecule has 0 bridgehead atoms. The molecule has 10 heteroatoms. The summed E-state index contributed by atoms with van der Waals surface area (Å²) in [6, 6.07) is 4.65. The molecular formula is C22H23ClN4O4S. The molecule has 2 aliphatic heterocycles. The Morgan fingerprint density at radius 1 is 1.25 bits per heavy atom. The van der Waals surface area contributed by atoms with Crippen LogP contribution in [0.25, 0.3) is 0 Å². The highest BCUT2D eigenvalue weighted by Gasteiger charge is 2.39. The van der Waals surface area contributed by atoms with Crippen LogP contribution in [0.2, 0.25) is 5.02 Å². The fourth-order valence-corrected chi connectivity index (χ4v) is 5.07. The van der Waals surface area contributed by atoms with Crippen molar-refractivity contribution in [2.45, 2.75) is 51.9 Å². The van der Waals surface area contributed by atoms with Crippen LogP contribution in [-0.2, 0) is 29.2 Å². The molecule has 2 aromatic rings. The van der Waals surface area contributed by atoms with Gasteiger partial charge in [-0.3, -0.25) is 19.7 Å². The Balaban J connectivity index is 1.35. The number of halogens is 1. The van der Waals surface area contributed by atoms with Crippen LogP contribution >= 0.6 is 22.9 Å². The topological polar surface area (TPSA) is 108 Å².